The Morgan fingerprint density at radius 2 is 1.81 bits per heavy atom. The maximum Gasteiger partial charge on any atom is 0.141 e. The summed E-state index contributed by atoms with van der Waals surface area (Å²) in [6, 6.07) is 11.9. The fraction of sp³-hybridized carbons (Fsp3) is 0.0625. The van der Waals surface area contributed by atoms with E-state index in [1.165, 1.54) is 0 Å². The second-order valence-corrected chi connectivity index (χ2v) is 5.62. The highest BCUT2D eigenvalue weighted by atomic mass is 32.2. The van der Waals surface area contributed by atoms with Crippen LogP contribution in [0.4, 0.5) is 14.5 Å². The molecule has 0 atom stereocenters. The molecule has 0 saturated heterocycles. The topological polar surface area (TPSA) is 38.9 Å². The molecule has 3 aromatic rings. The molecular formula is C16H12F2N2S. The Hall–Kier alpha value is -2.14. The number of halogens is 2. The van der Waals surface area contributed by atoms with E-state index in [1.807, 2.05) is 30.3 Å². The standard InChI is InChI=1S/C16H12F2N2S/c17-13-7-12(19)8-14(18)16(13)21-9-10-3-4-15-11(6-10)2-1-5-20-15/h1-8H,9,19H2. The molecule has 2 nitrogen and oxygen atoms in total. The summed E-state index contributed by atoms with van der Waals surface area (Å²) in [6.45, 7) is 0. The minimum atomic E-state index is -0.625. The summed E-state index contributed by atoms with van der Waals surface area (Å²) >= 11 is 1.12. The lowest BCUT2D eigenvalue weighted by atomic mass is 10.1. The molecule has 2 N–H and O–H groups in total. The number of benzene rings is 2. The zero-order valence-electron chi connectivity index (χ0n) is 11.0. The Kier molecular flexibility index (Phi) is 3.75. The quantitative estimate of drug-likeness (QED) is 0.576. The fourth-order valence-electron chi connectivity index (χ4n) is 2.09. The average Bonchev–Trinajstić information content (AvgIpc) is 2.46. The van der Waals surface area contributed by atoms with E-state index in [4.69, 9.17) is 5.73 Å². The van der Waals surface area contributed by atoms with Gasteiger partial charge in [-0.25, -0.2) is 8.78 Å². The number of thioether (sulfide) groups is 1. The molecule has 0 saturated carbocycles. The summed E-state index contributed by atoms with van der Waals surface area (Å²) in [5, 5.41) is 1.01. The van der Waals surface area contributed by atoms with E-state index in [2.05, 4.69) is 4.98 Å². The minimum absolute atomic E-state index is 0.00418. The minimum Gasteiger partial charge on any atom is -0.399 e. The molecule has 3 rings (SSSR count). The third-order valence-electron chi connectivity index (χ3n) is 3.07. The van der Waals surface area contributed by atoms with E-state index in [9.17, 15) is 8.78 Å². The smallest absolute Gasteiger partial charge is 0.141 e. The molecule has 0 spiro atoms. The Balaban J connectivity index is 1.83. The van der Waals surface area contributed by atoms with Gasteiger partial charge in [-0.3, -0.25) is 4.98 Å². The Morgan fingerprint density at radius 1 is 1.05 bits per heavy atom. The summed E-state index contributed by atoms with van der Waals surface area (Å²) in [4.78, 5) is 4.23. The Labute approximate surface area is 125 Å². The lowest BCUT2D eigenvalue weighted by molar-refractivity contribution is 0.542. The Bertz CT molecular complexity index is 782. The molecule has 2 aromatic carbocycles. The molecule has 0 aliphatic carbocycles. The molecule has 0 radical (unpaired) electrons. The number of hydrogen-bond acceptors (Lipinski definition) is 3. The van der Waals surface area contributed by atoms with Crippen molar-refractivity contribution in [3.63, 3.8) is 0 Å². The zero-order chi connectivity index (χ0) is 14.8. The lowest BCUT2D eigenvalue weighted by Crippen LogP contribution is -1.93. The number of pyridine rings is 1. The van der Waals surface area contributed by atoms with Crippen LogP contribution in [-0.4, -0.2) is 4.98 Å². The van der Waals surface area contributed by atoms with E-state index in [-0.39, 0.29) is 10.6 Å². The van der Waals surface area contributed by atoms with Crippen molar-refractivity contribution in [3.8, 4) is 0 Å². The first-order valence-corrected chi connectivity index (χ1v) is 7.33. The van der Waals surface area contributed by atoms with Gasteiger partial charge in [-0.15, -0.1) is 11.8 Å². The van der Waals surface area contributed by atoms with Crippen LogP contribution in [0.1, 0.15) is 5.56 Å². The molecule has 0 bridgehead atoms. The van der Waals surface area contributed by atoms with Crippen LogP contribution >= 0.6 is 11.8 Å². The summed E-state index contributed by atoms with van der Waals surface area (Å²) in [5.41, 5.74) is 7.37. The van der Waals surface area contributed by atoms with Gasteiger partial charge in [0.2, 0.25) is 0 Å². The molecule has 1 aromatic heterocycles. The van der Waals surface area contributed by atoms with E-state index in [1.54, 1.807) is 6.20 Å². The van der Waals surface area contributed by atoms with Gasteiger partial charge in [0.15, 0.2) is 0 Å². The number of rotatable bonds is 3. The molecule has 1 heterocycles. The highest BCUT2D eigenvalue weighted by Crippen LogP contribution is 2.30. The maximum atomic E-state index is 13.7. The van der Waals surface area contributed by atoms with Crippen LogP contribution in [0.3, 0.4) is 0 Å². The lowest BCUT2D eigenvalue weighted by Gasteiger charge is -2.07. The van der Waals surface area contributed by atoms with Gasteiger partial charge >= 0.3 is 0 Å². The highest BCUT2D eigenvalue weighted by Gasteiger charge is 2.11. The second kappa shape index (κ2) is 5.69. The number of aromatic nitrogens is 1. The van der Waals surface area contributed by atoms with Crippen LogP contribution in [-0.2, 0) is 5.75 Å². The molecule has 0 aliphatic heterocycles. The SMILES string of the molecule is Nc1cc(F)c(SCc2ccc3ncccc3c2)c(F)c1. The number of fused-ring (bicyclic) bond motifs is 1. The van der Waals surface area contributed by atoms with Crippen molar-refractivity contribution in [3.05, 3.63) is 65.9 Å². The summed E-state index contributed by atoms with van der Waals surface area (Å²) in [7, 11) is 0. The monoisotopic (exact) mass is 302 g/mol. The van der Waals surface area contributed by atoms with E-state index < -0.39 is 11.6 Å². The molecule has 5 heteroatoms. The van der Waals surface area contributed by atoms with Gasteiger partial charge in [0.05, 0.1) is 10.4 Å². The van der Waals surface area contributed by atoms with Crippen LogP contribution in [0, 0.1) is 11.6 Å². The number of nitrogen functional groups attached to an aromatic ring is 1. The van der Waals surface area contributed by atoms with Crippen LogP contribution in [0.5, 0.6) is 0 Å². The summed E-state index contributed by atoms with van der Waals surface area (Å²) < 4.78 is 27.4. The van der Waals surface area contributed by atoms with Crippen LogP contribution in [0.25, 0.3) is 10.9 Å². The zero-order valence-corrected chi connectivity index (χ0v) is 11.8. The van der Waals surface area contributed by atoms with Crippen molar-refractivity contribution < 1.29 is 8.78 Å². The van der Waals surface area contributed by atoms with Gasteiger partial charge in [-0.1, -0.05) is 12.1 Å². The third-order valence-corrected chi connectivity index (χ3v) is 4.23. The predicted octanol–water partition coefficient (Wildman–Crippen LogP) is 4.39. The van der Waals surface area contributed by atoms with Gasteiger partial charge in [-0.05, 0) is 35.9 Å². The first-order chi connectivity index (χ1) is 10.1. The van der Waals surface area contributed by atoms with Gasteiger partial charge in [0, 0.05) is 23.0 Å². The van der Waals surface area contributed by atoms with Gasteiger partial charge in [-0.2, -0.15) is 0 Å². The van der Waals surface area contributed by atoms with Crippen molar-refractivity contribution in [2.24, 2.45) is 0 Å². The van der Waals surface area contributed by atoms with E-state index >= 15 is 0 Å². The van der Waals surface area contributed by atoms with E-state index in [0.717, 1.165) is 40.4 Å². The summed E-state index contributed by atoms with van der Waals surface area (Å²) in [5.74, 6) is -0.775. The molecule has 0 aliphatic rings. The third kappa shape index (κ3) is 2.97. The Morgan fingerprint density at radius 3 is 2.57 bits per heavy atom. The fourth-order valence-corrected chi connectivity index (χ4v) is 2.97. The van der Waals surface area contributed by atoms with Crippen LogP contribution in [0.2, 0.25) is 0 Å². The normalized spacial score (nSPS) is 11.0. The number of hydrogen-bond donors (Lipinski definition) is 1. The second-order valence-electron chi connectivity index (χ2n) is 4.63. The van der Waals surface area contributed by atoms with E-state index in [0.29, 0.717) is 5.75 Å². The maximum absolute atomic E-state index is 13.7. The van der Waals surface area contributed by atoms with Crippen LogP contribution in [0.15, 0.2) is 53.6 Å². The van der Waals surface area contributed by atoms with Crippen molar-refractivity contribution in [2.75, 3.05) is 5.73 Å². The van der Waals surface area contributed by atoms with Gasteiger partial charge in [0.1, 0.15) is 11.6 Å². The predicted molar refractivity (Wildman–Crippen MR) is 82.1 cm³/mol. The largest absolute Gasteiger partial charge is 0.399 e. The van der Waals surface area contributed by atoms with Crippen LogP contribution < -0.4 is 5.73 Å². The van der Waals surface area contributed by atoms with Crippen molar-refractivity contribution in [2.45, 2.75) is 10.6 Å². The molecule has 0 unspecified atom stereocenters. The first-order valence-electron chi connectivity index (χ1n) is 6.34. The molecule has 106 valence electrons. The first kappa shape index (κ1) is 13.8. The van der Waals surface area contributed by atoms with Crippen molar-refractivity contribution >= 4 is 28.4 Å². The van der Waals surface area contributed by atoms with Crippen molar-refractivity contribution in [1.82, 2.24) is 4.98 Å². The molecule has 0 amide bonds. The van der Waals surface area contributed by atoms with Gasteiger partial charge < -0.3 is 5.73 Å². The molecule has 0 fully saturated rings. The van der Waals surface area contributed by atoms with Gasteiger partial charge in [0.25, 0.3) is 0 Å². The number of anilines is 1. The highest BCUT2D eigenvalue weighted by molar-refractivity contribution is 7.98. The molecular weight excluding hydrogens is 290 g/mol. The average molecular weight is 302 g/mol. The number of nitrogens with zero attached hydrogens (tertiary/aromatic N) is 1. The molecule has 21 heavy (non-hydrogen) atoms. The summed E-state index contributed by atoms with van der Waals surface area (Å²) in [6.07, 6.45) is 1.73. The van der Waals surface area contributed by atoms with Crippen molar-refractivity contribution in [1.29, 1.82) is 0 Å². The number of nitrogens with two attached hydrogens (primary N) is 1.